The average molecular weight is 469 g/mol. The van der Waals surface area contributed by atoms with Gasteiger partial charge in [0.25, 0.3) is 11.6 Å². The van der Waals surface area contributed by atoms with Crippen LogP contribution in [0.25, 0.3) is 6.08 Å². The summed E-state index contributed by atoms with van der Waals surface area (Å²) in [5, 5.41) is 25.0. The minimum atomic E-state index is -0.657. The van der Waals surface area contributed by atoms with Crippen LogP contribution in [-0.2, 0) is 9.59 Å². The highest BCUT2D eigenvalue weighted by Gasteiger charge is 2.32. The van der Waals surface area contributed by atoms with Gasteiger partial charge in [0.05, 0.1) is 9.83 Å². The van der Waals surface area contributed by atoms with Crippen LogP contribution in [0.1, 0.15) is 18.9 Å². The molecule has 0 atom stereocenters. The average Bonchev–Trinajstić information content (AvgIpc) is 3.01. The summed E-state index contributed by atoms with van der Waals surface area (Å²) < 4.78 is 0.335. The Bertz CT molecular complexity index is 1150. The molecule has 0 bridgehead atoms. The molecule has 2 aromatic rings. The van der Waals surface area contributed by atoms with E-state index in [0.717, 1.165) is 41.1 Å². The second-order valence-corrected chi connectivity index (χ2v) is 8.54. The number of anilines is 1. The molecule has 2 amide bonds. The molecular weight excluding hydrogens is 450 g/mol. The lowest BCUT2D eigenvalue weighted by molar-refractivity contribution is -0.385. The lowest BCUT2D eigenvalue weighted by atomic mass is 10.1. The van der Waals surface area contributed by atoms with Crippen molar-refractivity contribution in [2.45, 2.75) is 13.3 Å². The minimum absolute atomic E-state index is 0.0262. The molecule has 1 aliphatic rings. The number of allylic oxidation sites excluding steroid dienone is 2. The van der Waals surface area contributed by atoms with Crippen LogP contribution in [0.15, 0.2) is 65.1 Å². The summed E-state index contributed by atoms with van der Waals surface area (Å²) in [5.74, 6) is -1.40. The first kappa shape index (κ1) is 23.2. The molecule has 0 spiro atoms. The van der Waals surface area contributed by atoms with E-state index < -0.39 is 16.6 Å². The third-order valence-electron chi connectivity index (χ3n) is 4.44. The number of carbonyl (C=O) groups is 2. The van der Waals surface area contributed by atoms with Gasteiger partial charge < -0.3 is 10.4 Å². The number of nitro benzene ring substituents is 1. The molecule has 8 nitrogen and oxygen atoms in total. The Labute approximate surface area is 193 Å². The monoisotopic (exact) mass is 468 g/mol. The van der Waals surface area contributed by atoms with E-state index in [1.165, 1.54) is 4.90 Å². The topological polar surface area (TPSA) is 116 Å². The van der Waals surface area contributed by atoms with Gasteiger partial charge in [0.2, 0.25) is 5.91 Å². The number of hydrogen-bond acceptors (Lipinski definition) is 7. The molecule has 1 N–H and O–H groups in total. The van der Waals surface area contributed by atoms with Gasteiger partial charge in [-0.15, -0.1) is 0 Å². The fourth-order valence-corrected chi connectivity index (χ4v) is 4.27. The Morgan fingerprint density at radius 2 is 1.97 bits per heavy atom. The van der Waals surface area contributed by atoms with Crippen molar-refractivity contribution < 1.29 is 19.6 Å². The van der Waals surface area contributed by atoms with Gasteiger partial charge in [-0.25, -0.2) is 0 Å². The molecule has 32 heavy (non-hydrogen) atoms. The van der Waals surface area contributed by atoms with Crippen LogP contribution >= 0.6 is 24.0 Å². The summed E-state index contributed by atoms with van der Waals surface area (Å²) in [6.07, 6.45) is 3.57. The first-order valence-corrected chi connectivity index (χ1v) is 10.7. The van der Waals surface area contributed by atoms with Crippen molar-refractivity contribution in [2.75, 3.05) is 11.9 Å². The molecule has 0 aliphatic carbocycles. The molecular formula is C22H18N3O5S2-. The smallest absolute Gasteiger partial charge is 0.271 e. The van der Waals surface area contributed by atoms with E-state index in [1.54, 1.807) is 6.08 Å². The van der Waals surface area contributed by atoms with E-state index in [4.69, 9.17) is 12.2 Å². The normalized spacial score (nSPS) is 15.3. The zero-order valence-corrected chi connectivity index (χ0v) is 18.6. The number of amides is 2. The van der Waals surface area contributed by atoms with Crippen LogP contribution in [-0.4, -0.2) is 32.5 Å². The van der Waals surface area contributed by atoms with Gasteiger partial charge in [-0.2, -0.15) is 0 Å². The fourth-order valence-electron chi connectivity index (χ4n) is 2.91. The Morgan fingerprint density at radius 3 is 2.66 bits per heavy atom. The number of benzene rings is 2. The maximum Gasteiger partial charge on any atom is 0.271 e. The highest BCUT2D eigenvalue weighted by atomic mass is 32.2. The Balaban J connectivity index is 1.62. The molecule has 1 aliphatic heterocycles. The van der Waals surface area contributed by atoms with E-state index in [1.807, 2.05) is 43.3 Å². The van der Waals surface area contributed by atoms with Crippen LogP contribution in [0.2, 0.25) is 0 Å². The molecule has 0 saturated carbocycles. The van der Waals surface area contributed by atoms with Gasteiger partial charge in [-0.1, -0.05) is 72.2 Å². The highest BCUT2D eigenvalue weighted by molar-refractivity contribution is 8.26. The number of nitrogens with zero attached hydrogens (tertiary/aromatic N) is 2. The molecule has 10 heteroatoms. The fraction of sp³-hybridized carbons (Fsp3) is 0.136. The van der Waals surface area contributed by atoms with Gasteiger partial charge in [-0.05, 0) is 24.1 Å². The van der Waals surface area contributed by atoms with Crippen molar-refractivity contribution in [3.63, 3.8) is 0 Å². The lowest BCUT2D eigenvalue weighted by Crippen LogP contribution is -2.31. The van der Waals surface area contributed by atoms with Crippen LogP contribution in [0.3, 0.4) is 0 Å². The quantitative estimate of drug-likeness (QED) is 0.284. The van der Waals surface area contributed by atoms with E-state index >= 15 is 0 Å². The number of thioether (sulfide) groups is 1. The Morgan fingerprint density at radius 1 is 1.25 bits per heavy atom. The molecule has 164 valence electrons. The highest BCUT2D eigenvalue weighted by Crippen LogP contribution is 2.32. The summed E-state index contributed by atoms with van der Waals surface area (Å²) in [7, 11) is 0. The van der Waals surface area contributed by atoms with Gasteiger partial charge in [0.1, 0.15) is 4.32 Å². The second kappa shape index (κ2) is 10.2. The summed E-state index contributed by atoms with van der Waals surface area (Å²) in [4.78, 5) is 36.9. The summed E-state index contributed by atoms with van der Waals surface area (Å²) in [5.41, 5.74) is 1.40. The number of non-ortho nitro benzene ring substituents is 1. The van der Waals surface area contributed by atoms with Crippen molar-refractivity contribution in [2.24, 2.45) is 0 Å². The third-order valence-corrected chi connectivity index (χ3v) is 5.81. The van der Waals surface area contributed by atoms with Crippen LogP contribution < -0.4 is 10.4 Å². The first-order chi connectivity index (χ1) is 15.2. The lowest BCUT2D eigenvalue weighted by Gasteiger charge is -2.16. The Hall–Kier alpha value is -3.50. The molecule has 1 saturated heterocycles. The Kier molecular flexibility index (Phi) is 7.39. The number of carbonyl (C=O) groups excluding carboxylic acids is 2. The van der Waals surface area contributed by atoms with E-state index in [9.17, 15) is 24.8 Å². The van der Waals surface area contributed by atoms with Gasteiger partial charge in [0, 0.05) is 30.8 Å². The standard InChI is InChI=1S/C22H19N3O5S2/c1-14(11-15-5-3-2-4-6-15)12-19-21(28)24(22(31)32-19)10-9-20(27)23-17-13-16(25(29)30)7-8-18(17)26/h2-8,11-13,26H,9-10H2,1H3,(H,23,27)/p-1/b14-11-,19-12+. The summed E-state index contributed by atoms with van der Waals surface area (Å²) in [6.45, 7) is 1.91. The number of nitro groups is 1. The van der Waals surface area contributed by atoms with Gasteiger partial charge in [-0.3, -0.25) is 24.6 Å². The van der Waals surface area contributed by atoms with Crippen LogP contribution in [0.4, 0.5) is 11.4 Å². The van der Waals surface area contributed by atoms with Gasteiger partial charge >= 0.3 is 0 Å². The number of nitrogens with one attached hydrogen (secondary N) is 1. The first-order valence-electron chi connectivity index (χ1n) is 9.48. The van der Waals surface area contributed by atoms with E-state index in [2.05, 4.69) is 5.32 Å². The number of rotatable bonds is 7. The second-order valence-electron chi connectivity index (χ2n) is 6.87. The van der Waals surface area contributed by atoms with Crippen LogP contribution in [0, 0.1) is 10.1 Å². The van der Waals surface area contributed by atoms with Crippen molar-refractivity contribution in [3.05, 3.63) is 80.8 Å². The van der Waals surface area contributed by atoms with Crippen molar-refractivity contribution in [3.8, 4) is 5.75 Å². The van der Waals surface area contributed by atoms with E-state index in [-0.39, 0.29) is 30.2 Å². The summed E-state index contributed by atoms with van der Waals surface area (Å²) in [6, 6.07) is 12.8. The molecule has 1 heterocycles. The molecule has 0 unspecified atom stereocenters. The predicted octanol–water partition coefficient (Wildman–Crippen LogP) is 3.84. The largest absolute Gasteiger partial charge is 0.871 e. The van der Waals surface area contributed by atoms with E-state index in [0.29, 0.717) is 9.23 Å². The third kappa shape index (κ3) is 5.80. The SMILES string of the molecule is CC(=C/c1ccccc1)/C=C1/SC(=S)N(CCC(=O)Nc2cc([N+](=O)[O-])ccc2[O-])C1=O. The number of thiocarbonyl (C=S) groups is 1. The zero-order valence-electron chi connectivity index (χ0n) is 16.9. The minimum Gasteiger partial charge on any atom is -0.871 e. The molecule has 1 fully saturated rings. The van der Waals surface area contributed by atoms with Crippen molar-refractivity contribution >= 4 is 57.6 Å². The predicted molar refractivity (Wildman–Crippen MR) is 126 cm³/mol. The maximum atomic E-state index is 12.7. The molecule has 3 rings (SSSR count). The zero-order chi connectivity index (χ0) is 23.3. The van der Waals surface area contributed by atoms with Crippen LogP contribution in [0.5, 0.6) is 5.75 Å². The maximum absolute atomic E-state index is 12.7. The summed E-state index contributed by atoms with van der Waals surface area (Å²) >= 11 is 6.43. The molecule has 0 radical (unpaired) electrons. The van der Waals surface area contributed by atoms with Crippen molar-refractivity contribution in [1.29, 1.82) is 0 Å². The van der Waals surface area contributed by atoms with Gasteiger partial charge in [0.15, 0.2) is 0 Å². The molecule has 2 aromatic carbocycles. The number of hydrogen-bond donors (Lipinski definition) is 1. The van der Waals surface area contributed by atoms with Crippen molar-refractivity contribution in [1.82, 2.24) is 4.90 Å². The molecule has 0 aromatic heterocycles.